The van der Waals surface area contributed by atoms with Crippen molar-refractivity contribution in [3.63, 3.8) is 0 Å². The first-order valence-electron chi connectivity index (χ1n) is 8.40. The molecular formula is C20H24ClNO3S. The lowest BCUT2D eigenvalue weighted by Crippen LogP contribution is -2.29. The standard InChI is InChI=1S/C20H24ClNO3S/c1-4-17(15-7-10-18(24-2)19(11-15)25-3)22-20(23)13-26-12-14-5-8-16(21)9-6-14/h5-11,17H,4,12-13H2,1-3H3,(H,22,23). The van der Waals surface area contributed by atoms with Crippen molar-refractivity contribution in [2.75, 3.05) is 20.0 Å². The predicted octanol–water partition coefficient (Wildman–Crippen LogP) is 4.86. The Labute approximate surface area is 164 Å². The number of nitrogens with one attached hydrogen (secondary N) is 1. The highest BCUT2D eigenvalue weighted by Gasteiger charge is 2.15. The van der Waals surface area contributed by atoms with Crippen LogP contribution in [0.25, 0.3) is 0 Å². The number of methoxy groups -OCH3 is 2. The summed E-state index contributed by atoms with van der Waals surface area (Å²) >= 11 is 7.46. The van der Waals surface area contributed by atoms with Crippen molar-refractivity contribution >= 4 is 29.3 Å². The summed E-state index contributed by atoms with van der Waals surface area (Å²) in [5.74, 6) is 2.54. The van der Waals surface area contributed by atoms with Crippen LogP contribution in [-0.4, -0.2) is 25.9 Å². The molecule has 2 aromatic rings. The van der Waals surface area contributed by atoms with E-state index in [1.807, 2.05) is 49.4 Å². The highest BCUT2D eigenvalue weighted by Crippen LogP contribution is 2.30. The van der Waals surface area contributed by atoms with E-state index >= 15 is 0 Å². The summed E-state index contributed by atoms with van der Waals surface area (Å²) in [5.41, 5.74) is 2.15. The third-order valence-corrected chi connectivity index (χ3v) is 5.22. The molecule has 2 aromatic carbocycles. The molecule has 0 aliphatic rings. The zero-order valence-corrected chi connectivity index (χ0v) is 16.8. The second-order valence-corrected chi connectivity index (χ2v) is 7.18. The normalized spacial score (nSPS) is 11.7. The molecule has 0 heterocycles. The molecule has 1 unspecified atom stereocenters. The van der Waals surface area contributed by atoms with Crippen molar-refractivity contribution in [2.45, 2.75) is 25.1 Å². The molecule has 140 valence electrons. The van der Waals surface area contributed by atoms with Crippen LogP contribution >= 0.6 is 23.4 Å². The van der Waals surface area contributed by atoms with Gasteiger partial charge >= 0.3 is 0 Å². The van der Waals surface area contributed by atoms with Gasteiger partial charge in [-0.15, -0.1) is 11.8 Å². The first-order valence-corrected chi connectivity index (χ1v) is 9.94. The maximum absolute atomic E-state index is 12.3. The van der Waals surface area contributed by atoms with Crippen LogP contribution in [-0.2, 0) is 10.5 Å². The van der Waals surface area contributed by atoms with Gasteiger partial charge in [0.05, 0.1) is 26.0 Å². The van der Waals surface area contributed by atoms with Crippen LogP contribution in [0.3, 0.4) is 0 Å². The summed E-state index contributed by atoms with van der Waals surface area (Å²) in [6.07, 6.45) is 0.795. The molecule has 0 aliphatic carbocycles. The monoisotopic (exact) mass is 393 g/mol. The molecule has 0 aromatic heterocycles. The van der Waals surface area contributed by atoms with Gasteiger partial charge in [-0.3, -0.25) is 4.79 Å². The number of benzene rings is 2. The van der Waals surface area contributed by atoms with E-state index in [-0.39, 0.29) is 11.9 Å². The van der Waals surface area contributed by atoms with E-state index in [4.69, 9.17) is 21.1 Å². The van der Waals surface area contributed by atoms with Crippen LogP contribution in [0.2, 0.25) is 5.02 Å². The molecule has 4 nitrogen and oxygen atoms in total. The molecule has 0 aliphatic heterocycles. The average Bonchev–Trinajstić information content (AvgIpc) is 2.67. The second kappa shape index (κ2) is 10.3. The van der Waals surface area contributed by atoms with Crippen molar-refractivity contribution in [3.05, 3.63) is 58.6 Å². The first kappa shape index (κ1) is 20.5. The van der Waals surface area contributed by atoms with Crippen LogP contribution in [0.15, 0.2) is 42.5 Å². The fraction of sp³-hybridized carbons (Fsp3) is 0.350. The van der Waals surface area contributed by atoms with Gasteiger partial charge in [0, 0.05) is 10.8 Å². The van der Waals surface area contributed by atoms with Gasteiger partial charge in [0.15, 0.2) is 11.5 Å². The van der Waals surface area contributed by atoms with E-state index in [1.54, 1.807) is 26.0 Å². The van der Waals surface area contributed by atoms with Gasteiger partial charge in [-0.2, -0.15) is 0 Å². The Hall–Kier alpha value is -1.85. The number of hydrogen-bond acceptors (Lipinski definition) is 4. The van der Waals surface area contributed by atoms with Crippen molar-refractivity contribution < 1.29 is 14.3 Å². The number of carbonyl (C=O) groups is 1. The predicted molar refractivity (Wildman–Crippen MR) is 108 cm³/mol. The lowest BCUT2D eigenvalue weighted by molar-refractivity contribution is -0.119. The van der Waals surface area contributed by atoms with E-state index in [2.05, 4.69) is 5.32 Å². The van der Waals surface area contributed by atoms with Crippen molar-refractivity contribution in [2.24, 2.45) is 0 Å². The van der Waals surface area contributed by atoms with Gasteiger partial charge in [0.1, 0.15) is 0 Å². The first-order chi connectivity index (χ1) is 12.6. The van der Waals surface area contributed by atoms with E-state index in [0.717, 1.165) is 28.3 Å². The number of hydrogen-bond donors (Lipinski definition) is 1. The Morgan fingerprint density at radius 1 is 1.12 bits per heavy atom. The maximum atomic E-state index is 12.3. The summed E-state index contributed by atoms with van der Waals surface area (Å²) in [6, 6.07) is 13.3. The summed E-state index contributed by atoms with van der Waals surface area (Å²) in [4.78, 5) is 12.3. The number of carbonyl (C=O) groups excluding carboxylic acids is 1. The molecular weight excluding hydrogens is 370 g/mol. The van der Waals surface area contributed by atoms with Gasteiger partial charge in [0.25, 0.3) is 0 Å². The Morgan fingerprint density at radius 2 is 1.81 bits per heavy atom. The highest BCUT2D eigenvalue weighted by atomic mass is 35.5. The van der Waals surface area contributed by atoms with Gasteiger partial charge < -0.3 is 14.8 Å². The molecule has 0 bridgehead atoms. The summed E-state index contributed by atoms with van der Waals surface area (Å²) in [6.45, 7) is 2.04. The average molecular weight is 394 g/mol. The minimum absolute atomic E-state index is 0.0191. The number of amides is 1. The van der Waals surface area contributed by atoms with E-state index in [0.29, 0.717) is 17.3 Å². The third-order valence-electron chi connectivity index (χ3n) is 3.97. The number of ether oxygens (including phenoxy) is 2. The molecule has 0 saturated carbocycles. The molecule has 0 saturated heterocycles. The second-order valence-electron chi connectivity index (χ2n) is 5.76. The molecule has 0 radical (unpaired) electrons. The topological polar surface area (TPSA) is 47.6 Å². The third kappa shape index (κ3) is 5.85. The van der Waals surface area contributed by atoms with Crippen LogP contribution in [0.1, 0.15) is 30.5 Å². The maximum Gasteiger partial charge on any atom is 0.230 e. The lowest BCUT2D eigenvalue weighted by atomic mass is 10.0. The summed E-state index contributed by atoms with van der Waals surface area (Å²) < 4.78 is 10.6. The van der Waals surface area contributed by atoms with Crippen LogP contribution < -0.4 is 14.8 Å². The van der Waals surface area contributed by atoms with Gasteiger partial charge in [0.2, 0.25) is 5.91 Å². The molecule has 0 spiro atoms. The highest BCUT2D eigenvalue weighted by molar-refractivity contribution is 7.99. The van der Waals surface area contributed by atoms with Gasteiger partial charge in [-0.1, -0.05) is 36.7 Å². The summed E-state index contributed by atoms with van der Waals surface area (Å²) in [5, 5.41) is 3.81. The Bertz CT molecular complexity index is 721. The number of rotatable bonds is 9. The van der Waals surface area contributed by atoms with E-state index < -0.39 is 0 Å². The fourth-order valence-corrected chi connectivity index (χ4v) is 3.49. The van der Waals surface area contributed by atoms with Crippen molar-refractivity contribution in [3.8, 4) is 11.5 Å². The summed E-state index contributed by atoms with van der Waals surface area (Å²) in [7, 11) is 3.21. The van der Waals surface area contributed by atoms with Crippen LogP contribution in [0, 0.1) is 0 Å². The lowest BCUT2D eigenvalue weighted by Gasteiger charge is -2.19. The molecule has 6 heteroatoms. The minimum atomic E-state index is -0.0570. The van der Waals surface area contributed by atoms with Gasteiger partial charge in [-0.05, 0) is 41.8 Å². The van der Waals surface area contributed by atoms with Crippen molar-refractivity contribution in [1.82, 2.24) is 5.32 Å². The zero-order chi connectivity index (χ0) is 18.9. The molecule has 2 rings (SSSR count). The van der Waals surface area contributed by atoms with Gasteiger partial charge in [-0.25, -0.2) is 0 Å². The Balaban J connectivity index is 1.90. The smallest absolute Gasteiger partial charge is 0.230 e. The minimum Gasteiger partial charge on any atom is -0.493 e. The molecule has 1 atom stereocenters. The van der Waals surface area contributed by atoms with Crippen LogP contribution in [0.4, 0.5) is 0 Å². The quantitative estimate of drug-likeness (QED) is 0.661. The Kier molecular flexibility index (Phi) is 8.13. The fourth-order valence-electron chi connectivity index (χ4n) is 2.57. The van der Waals surface area contributed by atoms with E-state index in [9.17, 15) is 4.79 Å². The zero-order valence-electron chi connectivity index (χ0n) is 15.3. The number of halogens is 1. The molecule has 1 N–H and O–H groups in total. The number of thioether (sulfide) groups is 1. The van der Waals surface area contributed by atoms with Crippen molar-refractivity contribution in [1.29, 1.82) is 0 Å². The largest absolute Gasteiger partial charge is 0.493 e. The molecule has 0 fully saturated rings. The Morgan fingerprint density at radius 3 is 2.42 bits per heavy atom. The SMILES string of the molecule is CCC(NC(=O)CSCc1ccc(Cl)cc1)c1ccc(OC)c(OC)c1. The van der Waals surface area contributed by atoms with Crippen LogP contribution in [0.5, 0.6) is 11.5 Å². The molecule has 26 heavy (non-hydrogen) atoms. The van der Waals surface area contributed by atoms with E-state index in [1.165, 1.54) is 0 Å². The molecule has 1 amide bonds.